The van der Waals surface area contributed by atoms with E-state index in [1.807, 2.05) is 18.2 Å². The number of methoxy groups -OCH3 is 1. The van der Waals surface area contributed by atoms with Gasteiger partial charge in [-0.05, 0) is 50.8 Å². The number of nitrogens with zero attached hydrogens (tertiary/aromatic N) is 2. The van der Waals surface area contributed by atoms with Gasteiger partial charge in [-0.2, -0.15) is 0 Å². The van der Waals surface area contributed by atoms with Gasteiger partial charge in [0.05, 0.1) is 12.2 Å². The topological polar surface area (TPSA) is 63.6 Å². The molecular formula is C23H31N3O3. The second-order valence-electron chi connectivity index (χ2n) is 8.29. The van der Waals surface area contributed by atoms with Gasteiger partial charge in [-0.25, -0.2) is 0 Å². The summed E-state index contributed by atoms with van der Waals surface area (Å²) in [7, 11) is 1.61. The zero-order chi connectivity index (χ0) is 20.2. The van der Waals surface area contributed by atoms with Gasteiger partial charge in [0.1, 0.15) is 0 Å². The van der Waals surface area contributed by atoms with Crippen LogP contribution in [0.25, 0.3) is 10.8 Å². The molecule has 1 aromatic carbocycles. The Hall–Kier alpha value is -2.18. The Morgan fingerprint density at radius 2 is 1.93 bits per heavy atom. The highest BCUT2D eigenvalue weighted by atomic mass is 16.5. The summed E-state index contributed by atoms with van der Waals surface area (Å²) >= 11 is 0. The number of hydrogen-bond donors (Lipinski definition) is 1. The first-order valence-electron chi connectivity index (χ1n) is 10.8. The Kier molecular flexibility index (Phi) is 6.31. The predicted molar refractivity (Wildman–Crippen MR) is 114 cm³/mol. The van der Waals surface area contributed by atoms with Gasteiger partial charge in [0.2, 0.25) is 0 Å². The van der Waals surface area contributed by atoms with Crippen molar-refractivity contribution in [2.75, 3.05) is 33.4 Å². The molecule has 6 heteroatoms. The number of piperidine rings is 2. The lowest BCUT2D eigenvalue weighted by Crippen LogP contribution is -2.51. The van der Waals surface area contributed by atoms with Crippen LogP contribution in [0.5, 0.6) is 0 Å². The van der Waals surface area contributed by atoms with E-state index in [0.717, 1.165) is 0 Å². The summed E-state index contributed by atoms with van der Waals surface area (Å²) in [6, 6.07) is 7.96. The van der Waals surface area contributed by atoms with Crippen LogP contribution in [0, 0.1) is 5.92 Å². The van der Waals surface area contributed by atoms with Crippen LogP contribution in [0.4, 0.5) is 0 Å². The monoisotopic (exact) mass is 397 g/mol. The number of carbonyl (C=O) groups excluding carboxylic acids is 1. The maximum Gasteiger partial charge on any atom is 0.258 e. The number of amides is 1. The molecule has 4 rings (SSSR count). The number of ether oxygens (including phenoxy) is 1. The van der Waals surface area contributed by atoms with Crippen molar-refractivity contribution in [3.05, 3.63) is 46.4 Å². The molecule has 0 aliphatic carbocycles. The quantitative estimate of drug-likeness (QED) is 0.814. The van der Waals surface area contributed by atoms with Crippen molar-refractivity contribution in [2.45, 2.75) is 44.7 Å². The van der Waals surface area contributed by atoms with Crippen LogP contribution in [-0.2, 0) is 11.3 Å². The van der Waals surface area contributed by atoms with Crippen LogP contribution in [0.2, 0.25) is 0 Å². The van der Waals surface area contributed by atoms with Crippen LogP contribution in [-0.4, -0.2) is 54.8 Å². The Balaban J connectivity index is 1.55. The second-order valence-corrected chi connectivity index (χ2v) is 8.29. The van der Waals surface area contributed by atoms with Gasteiger partial charge in [-0.1, -0.05) is 24.6 Å². The van der Waals surface area contributed by atoms with E-state index in [4.69, 9.17) is 4.74 Å². The molecule has 2 aliphatic rings. The van der Waals surface area contributed by atoms with Crippen LogP contribution >= 0.6 is 0 Å². The van der Waals surface area contributed by atoms with Gasteiger partial charge in [-0.15, -0.1) is 0 Å². The minimum atomic E-state index is -0.0969. The number of fused-ring (bicyclic) bond motifs is 2. The van der Waals surface area contributed by atoms with Gasteiger partial charge >= 0.3 is 0 Å². The number of carbonyl (C=O) groups is 1. The summed E-state index contributed by atoms with van der Waals surface area (Å²) in [5, 5.41) is 4.48. The fourth-order valence-corrected chi connectivity index (χ4v) is 5.01. The molecular weight excluding hydrogens is 366 g/mol. The number of aromatic nitrogens is 1. The van der Waals surface area contributed by atoms with Crippen LogP contribution in [0.3, 0.4) is 0 Å². The van der Waals surface area contributed by atoms with Crippen molar-refractivity contribution in [3.63, 3.8) is 0 Å². The molecule has 29 heavy (non-hydrogen) atoms. The second kappa shape index (κ2) is 9.09. The predicted octanol–water partition coefficient (Wildman–Crippen LogP) is 2.64. The van der Waals surface area contributed by atoms with E-state index in [1.54, 1.807) is 23.9 Å². The van der Waals surface area contributed by atoms with E-state index in [-0.39, 0.29) is 11.5 Å². The van der Waals surface area contributed by atoms with Crippen molar-refractivity contribution in [2.24, 2.45) is 5.92 Å². The SMILES string of the molecule is COCCn1cc(C(=O)NCC2CCCN3CCCCC23)c2ccccc2c1=O. The lowest BCUT2D eigenvalue weighted by molar-refractivity contribution is 0.0576. The first kappa shape index (κ1) is 20.1. The fourth-order valence-electron chi connectivity index (χ4n) is 5.01. The molecule has 0 spiro atoms. The van der Waals surface area contributed by atoms with Gasteiger partial charge in [0, 0.05) is 43.2 Å². The third kappa shape index (κ3) is 4.23. The maximum absolute atomic E-state index is 13.1. The molecule has 2 atom stereocenters. The third-order valence-electron chi connectivity index (χ3n) is 6.53. The summed E-state index contributed by atoms with van der Waals surface area (Å²) in [6.07, 6.45) is 7.90. The van der Waals surface area contributed by atoms with Gasteiger partial charge in [-0.3, -0.25) is 9.59 Å². The average molecular weight is 398 g/mol. The minimum absolute atomic E-state index is 0.0840. The zero-order valence-electron chi connectivity index (χ0n) is 17.2. The normalized spacial score (nSPS) is 22.4. The summed E-state index contributed by atoms with van der Waals surface area (Å²) in [6.45, 7) is 3.96. The Bertz CT molecular complexity index is 921. The molecule has 6 nitrogen and oxygen atoms in total. The zero-order valence-corrected chi connectivity index (χ0v) is 17.2. The molecule has 0 radical (unpaired) electrons. The molecule has 2 saturated heterocycles. The van der Waals surface area contributed by atoms with E-state index in [9.17, 15) is 9.59 Å². The molecule has 0 bridgehead atoms. The number of rotatable bonds is 6. The van der Waals surface area contributed by atoms with Crippen molar-refractivity contribution >= 4 is 16.7 Å². The van der Waals surface area contributed by atoms with Crippen LogP contribution < -0.4 is 10.9 Å². The van der Waals surface area contributed by atoms with E-state index in [2.05, 4.69) is 10.2 Å². The molecule has 2 unspecified atom stereocenters. The van der Waals surface area contributed by atoms with E-state index >= 15 is 0 Å². The van der Waals surface area contributed by atoms with Gasteiger partial charge < -0.3 is 19.5 Å². The van der Waals surface area contributed by atoms with Crippen molar-refractivity contribution < 1.29 is 9.53 Å². The minimum Gasteiger partial charge on any atom is -0.383 e. The van der Waals surface area contributed by atoms with E-state index in [0.29, 0.717) is 48.0 Å². The summed E-state index contributed by atoms with van der Waals surface area (Å²) in [5.41, 5.74) is 0.479. The Morgan fingerprint density at radius 3 is 2.76 bits per heavy atom. The number of pyridine rings is 1. The first-order chi connectivity index (χ1) is 14.2. The highest BCUT2D eigenvalue weighted by molar-refractivity contribution is 6.06. The average Bonchev–Trinajstić information content (AvgIpc) is 2.77. The molecule has 156 valence electrons. The molecule has 1 N–H and O–H groups in total. The molecule has 2 aliphatic heterocycles. The third-order valence-corrected chi connectivity index (χ3v) is 6.53. The highest BCUT2D eigenvalue weighted by Gasteiger charge is 2.33. The smallest absolute Gasteiger partial charge is 0.258 e. The van der Waals surface area contributed by atoms with Crippen LogP contribution in [0.15, 0.2) is 35.3 Å². The van der Waals surface area contributed by atoms with Gasteiger partial charge in [0.15, 0.2) is 0 Å². The largest absolute Gasteiger partial charge is 0.383 e. The molecule has 2 fully saturated rings. The lowest BCUT2D eigenvalue weighted by Gasteiger charge is -2.44. The van der Waals surface area contributed by atoms with Crippen molar-refractivity contribution in [3.8, 4) is 0 Å². The molecule has 1 amide bonds. The standard InChI is InChI=1S/C23H31N3O3/c1-29-14-13-26-16-20(18-8-2-3-9-19(18)23(26)28)22(27)24-15-17-7-6-12-25-11-5-4-10-21(17)25/h2-3,8-9,16-17,21H,4-7,10-15H2,1H3,(H,24,27). The Labute approximate surface area is 171 Å². The number of benzene rings is 1. The van der Waals surface area contributed by atoms with Crippen molar-refractivity contribution in [1.82, 2.24) is 14.8 Å². The lowest BCUT2D eigenvalue weighted by atomic mass is 9.83. The molecule has 3 heterocycles. The summed E-state index contributed by atoms with van der Waals surface area (Å²) < 4.78 is 6.71. The fraction of sp³-hybridized carbons (Fsp3) is 0.565. The Morgan fingerprint density at radius 1 is 1.14 bits per heavy atom. The first-order valence-corrected chi connectivity index (χ1v) is 10.8. The van der Waals surface area contributed by atoms with Gasteiger partial charge in [0.25, 0.3) is 11.5 Å². The van der Waals surface area contributed by atoms with E-state index in [1.165, 1.54) is 45.2 Å². The maximum atomic E-state index is 13.1. The molecule has 0 saturated carbocycles. The summed E-state index contributed by atoms with van der Waals surface area (Å²) in [4.78, 5) is 28.5. The highest BCUT2D eigenvalue weighted by Crippen LogP contribution is 2.30. The number of nitrogens with one attached hydrogen (secondary N) is 1. The van der Waals surface area contributed by atoms with Crippen molar-refractivity contribution in [1.29, 1.82) is 0 Å². The van der Waals surface area contributed by atoms with E-state index < -0.39 is 0 Å². The van der Waals surface area contributed by atoms with Crippen LogP contribution in [0.1, 0.15) is 42.5 Å². The number of hydrogen-bond acceptors (Lipinski definition) is 4. The molecule has 1 aromatic heterocycles. The summed E-state index contributed by atoms with van der Waals surface area (Å²) in [5.74, 6) is 0.416. The molecule has 2 aromatic rings.